The molecule has 24 heavy (non-hydrogen) atoms. The Hall–Kier alpha value is -2.32. The van der Waals surface area contributed by atoms with Gasteiger partial charge in [0, 0.05) is 0 Å². The molecule has 0 spiro atoms. The molecule has 0 saturated carbocycles. The Morgan fingerprint density at radius 1 is 0.750 bits per heavy atom. The van der Waals surface area contributed by atoms with Crippen molar-refractivity contribution in [3.05, 3.63) is 48.5 Å². The zero-order valence-electron chi connectivity index (χ0n) is 13.1. The summed E-state index contributed by atoms with van der Waals surface area (Å²) in [6.45, 7) is 0. The molecule has 0 aliphatic carbocycles. The first-order chi connectivity index (χ1) is 11.7. The molecule has 126 valence electrons. The summed E-state index contributed by atoms with van der Waals surface area (Å²) in [5, 5.41) is 0. The van der Waals surface area contributed by atoms with Crippen molar-refractivity contribution in [2.45, 2.75) is 0 Å². The van der Waals surface area contributed by atoms with Gasteiger partial charge >= 0.3 is 0 Å². The SMILES string of the molecule is COc1ccccc1N(C=O)SSN(C=O)c1ccccc1OC. The monoisotopic (exact) mass is 364 g/mol. The van der Waals surface area contributed by atoms with Crippen LogP contribution in [-0.2, 0) is 9.59 Å². The number of benzene rings is 2. The van der Waals surface area contributed by atoms with Gasteiger partial charge in [0.15, 0.2) is 0 Å². The fourth-order valence-corrected chi connectivity index (χ4v) is 3.72. The number of hydrogen-bond acceptors (Lipinski definition) is 6. The van der Waals surface area contributed by atoms with E-state index >= 15 is 0 Å². The predicted octanol–water partition coefficient (Wildman–Crippen LogP) is 3.54. The first kappa shape index (κ1) is 18.0. The van der Waals surface area contributed by atoms with Crippen molar-refractivity contribution >= 4 is 46.2 Å². The van der Waals surface area contributed by atoms with E-state index < -0.39 is 0 Å². The van der Waals surface area contributed by atoms with Crippen LogP contribution in [0.15, 0.2) is 48.5 Å². The molecule has 0 aliphatic heterocycles. The molecule has 0 radical (unpaired) electrons. The maximum Gasteiger partial charge on any atom is 0.225 e. The summed E-state index contributed by atoms with van der Waals surface area (Å²) in [5.41, 5.74) is 1.19. The highest BCUT2D eigenvalue weighted by Crippen LogP contribution is 2.40. The standard InChI is InChI=1S/C16H16N2O4S2/c1-21-15-9-5-3-7-13(15)17(11-19)23-24-18(12-20)14-8-4-6-10-16(14)22-2/h3-12H,1-2H3. The minimum absolute atomic E-state index is 0.563. The highest BCUT2D eigenvalue weighted by molar-refractivity contribution is 8.78. The summed E-state index contributed by atoms with van der Waals surface area (Å²) in [5.74, 6) is 1.13. The van der Waals surface area contributed by atoms with Crippen LogP contribution in [0.3, 0.4) is 0 Å². The smallest absolute Gasteiger partial charge is 0.225 e. The summed E-state index contributed by atoms with van der Waals surface area (Å²) >= 11 is 0. The van der Waals surface area contributed by atoms with Crippen molar-refractivity contribution in [2.24, 2.45) is 0 Å². The summed E-state index contributed by atoms with van der Waals surface area (Å²) in [4.78, 5) is 22.9. The molecule has 6 nitrogen and oxygen atoms in total. The van der Waals surface area contributed by atoms with E-state index in [1.165, 1.54) is 22.8 Å². The Balaban J connectivity index is 2.16. The molecule has 0 heterocycles. The van der Waals surface area contributed by atoms with Gasteiger partial charge in [0.2, 0.25) is 12.8 Å². The number of nitrogens with zero attached hydrogens (tertiary/aromatic N) is 2. The third kappa shape index (κ3) is 4.15. The van der Waals surface area contributed by atoms with E-state index in [2.05, 4.69) is 0 Å². The number of rotatable bonds is 9. The fraction of sp³-hybridized carbons (Fsp3) is 0.125. The lowest BCUT2D eigenvalue weighted by Gasteiger charge is -2.22. The Labute approximate surface area is 148 Å². The van der Waals surface area contributed by atoms with Crippen LogP contribution < -0.4 is 18.1 Å². The van der Waals surface area contributed by atoms with E-state index in [1.807, 2.05) is 12.1 Å². The Morgan fingerprint density at radius 3 is 1.46 bits per heavy atom. The normalized spacial score (nSPS) is 9.92. The summed E-state index contributed by atoms with van der Waals surface area (Å²) in [6.07, 6.45) is 1.33. The third-order valence-corrected chi connectivity index (χ3v) is 5.15. The Bertz CT molecular complexity index is 640. The Morgan fingerprint density at radius 2 is 1.12 bits per heavy atom. The third-order valence-electron chi connectivity index (χ3n) is 3.03. The zero-order valence-corrected chi connectivity index (χ0v) is 14.8. The summed E-state index contributed by atoms with van der Waals surface area (Å²) < 4.78 is 13.3. The van der Waals surface area contributed by atoms with Crippen LogP contribution in [-0.4, -0.2) is 27.0 Å². The Kier molecular flexibility index (Phi) is 6.83. The number of carbonyl (C=O) groups excluding carboxylic acids is 2. The van der Waals surface area contributed by atoms with E-state index in [4.69, 9.17) is 9.47 Å². The molecule has 0 aliphatic rings. The van der Waals surface area contributed by atoms with E-state index in [9.17, 15) is 9.59 Å². The lowest BCUT2D eigenvalue weighted by Crippen LogP contribution is -2.16. The fourth-order valence-electron chi connectivity index (χ4n) is 1.92. The number of amides is 2. The largest absolute Gasteiger partial charge is 0.495 e. The van der Waals surface area contributed by atoms with Crippen LogP contribution in [0.4, 0.5) is 11.4 Å². The van der Waals surface area contributed by atoms with Crippen molar-refractivity contribution in [3.63, 3.8) is 0 Å². The number of carbonyl (C=O) groups is 2. The van der Waals surface area contributed by atoms with E-state index in [0.717, 1.165) is 22.0 Å². The van der Waals surface area contributed by atoms with Gasteiger partial charge in [-0.15, -0.1) is 0 Å². The highest BCUT2D eigenvalue weighted by atomic mass is 33.1. The summed E-state index contributed by atoms with van der Waals surface area (Å²) in [7, 11) is 5.25. The maximum absolute atomic E-state index is 11.4. The van der Waals surface area contributed by atoms with E-state index in [-0.39, 0.29) is 0 Å². The average Bonchev–Trinajstić information content (AvgIpc) is 2.65. The van der Waals surface area contributed by atoms with Gasteiger partial charge in [0.25, 0.3) is 0 Å². The second-order valence-electron chi connectivity index (χ2n) is 4.36. The van der Waals surface area contributed by atoms with E-state index in [1.54, 1.807) is 36.4 Å². The van der Waals surface area contributed by atoms with Gasteiger partial charge in [-0.2, -0.15) is 0 Å². The first-order valence-corrected chi connectivity index (χ1v) is 8.91. The second kappa shape index (κ2) is 9.09. The molecule has 2 aromatic carbocycles. The molecular formula is C16H16N2O4S2. The predicted molar refractivity (Wildman–Crippen MR) is 98.3 cm³/mol. The maximum atomic E-state index is 11.4. The molecule has 0 N–H and O–H groups in total. The minimum Gasteiger partial charge on any atom is -0.495 e. The van der Waals surface area contributed by atoms with Crippen molar-refractivity contribution < 1.29 is 19.1 Å². The lowest BCUT2D eigenvalue weighted by atomic mass is 10.3. The average molecular weight is 364 g/mol. The van der Waals surface area contributed by atoms with Gasteiger partial charge in [0.05, 0.1) is 47.6 Å². The van der Waals surface area contributed by atoms with Gasteiger partial charge in [-0.1, -0.05) is 24.3 Å². The zero-order chi connectivity index (χ0) is 17.4. The molecule has 2 amide bonds. The van der Waals surface area contributed by atoms with Gasteiger partial charge < -0.3 is 9.47 Å². The van der Waals surface area contributed by atoms with Crippen molar-refractivity contribution in [1.82, 2.24) is 0 Å². The number of hydrogen-bond donors (Lipinski definition) is 0. The van der Waals surface area contributed by atoms with Crippen molar-refractivity contribution in [1.29, 1.82) is 0 Å². The second-order valence-corrected chi connectivity index (χ2v) is 6.33. The molecule has 0 bridgehead atoms. The van der Waals surface area contributed by atoms with Crippen LogP contribution in [0.25, 0.3) is 0 Å². The molecule has 2 aromatic rings. The molecule has 0 fully saturated rings. The summed E-state index contributed by atoms with van der Waals surface area (Å²) in [6, 6.07) is 14.3. The molecule has 8 heteroatoms. The number of methoxy groups -OCH3 is 2. The molecule has 0 aromatic heterocycles. The minimum atomic E-state index is 0.563. The van der Waals surface area contributed by atoms with Crippen molar-refractivity contribution in [2.75, 3.05) is 22.8 Å². The van der Waals surface area contributed by atoms with Crippen LogP contribution in [0, 0.1) is 0 Å². The van der Waals surface area contributed by atoms with Gasteiger partial charge in [-0.25, -0.2) is 8.61 Å². The molecule has 0 unspecified atom stereocenters. The molecule has 0 atom stereocenters. The molecule has 2 rings (SSSR count). The van der Waals surface area contributed by atoms with Crippen LogP contribution in [0.2, 0.25) is 0 Å². The molecular weight excluding hydrogens is 348 g/mol. The van der Waals surface area contributed by atoms with Crippen molar-refractivity contribution in [3.8, 4) is 11.5 Å². The number of ether oxygens (including phenoxy) is 2. The van der Waals surface area contributed by atoms with Crippen LogP contribution in [0.5, 0.6) is 11.5 Å². The first-order valence-electron chi connectivity index (χ1n) is 6.85. The van der Waals surface area contributed by atoms with Gasteiger partial charge in [0.1, 0.15) is 11.5 Å². The van der Waals surface area contributed by atoms with Crippen LogP contribution >= 0.6 is 22.0 Å². The number of para-hydroxylation sites is 4. The van der Waals surface area contributed by atoms with Gasteiger partial charge in [-0.3, -0.25) is 9.59 Å². The lowest BCUT2D eigenvalue weighted by molar-refractivity contribution is -0.107. The topological polar surface area (TPSA) is 59.1 Å². The van der Waals surface area contributed by atoms with E-state index in [0.29, 0.717) is 35.7 Å². The number of anilines is 2. The quantitative estimate of drug-likeness (QED) is 0.385. The van der Waals surface area contributed by atoms with Crippen LogP contribution in [0.1, 0.15) is 0 Å². The highest BCUT2D eigenvalue weighted by Gasteiger charge is 2.17. The molecule has 0 saturated heterocycles. The van der Waals surface area contributed by atoms with Gasteiger partial charge in [-0.05, 0) is 24.3 Å².